The molecule has 2 aliphatic rings. The molecule has 2 heterocycles. The Morgan fingerprint density at radius 3 is 2.72 bits per heavy atom. The molecule has 3 rings (SSSR count). The van der Waals surface area contributed by atoms with Crippen molar-refractivity contribution in [3.05, 3.63) is 34.9 Å². The first-order chi connectivity index (χ1) is 11.7. The summed E-state index contributed by atoms with van der Waals surface area (Å²) in [5.41, 5.74) is 1.98. The van der Waals surface area contributed by atoms with Crippen LogP contribution in [0.4, 0.5) is 0 Å². The van der Waals surface area contributed by atoms with Gasteiger partial charge in [-0.15, -0.1) is 0 Å². The van der Waals surface area contributed by atoms with Crippen LogP contribution in [0.5, 0.6) is 0 Å². The quantitative estimate of drug-likeness (QED) is 0.467. The van der Waals surface area contributed by atoms with Crippen LogP contribution >= 0.6 is 0 Å². The van der Waals surface area contributed by atoms with Crippen LogP contribution in [0.25, 0.3) is 0 Å². The normalized spacial score (nSPS) is 20.6. The van der Waals surface area contributed by atoms with E-state index in [2.05, 4.69) is 10.6 Å². The molecule has 1 aromatic carbocycles. The Hall–Kier alpha value is -2.30. The van der Waals surface area contributed by atoms with Gasteiger partial charge in [0.05, 0.1) is 0 Å². The molecule has 0 saturated carbocycles. The van der Waals surface area contributed by atoms with Crippen LogP contribution < -0.4 is 10.6 Å². The Balaban J connectivity index is 1.71. The maximum absolute atomic E-state index is 12.5. The van der Waals surface area contributed by atoms with Crippen LogP contribution in [0.15, 0.2) is 18.2 Å². The van der Waals surface area contributed by atoms with Crippen molar-refractivity contribution in [1.82, 2.24) is 15.5 Å². The maximum atomic E-state index is 12.5. The average molecular weight is 367 g/mol. The first kappa shape index (κ1) is 17.5. The van der Waals surface area contributed by atoms with Crippen LogP contribution in [0.1, 0.15) is 34.3 Å². The highest BCUT2D eigenvalue weighted by Crippen LogP contribution is 2.28. The van der Waals surface area contributed by atoms with E-state index in [1.54, 1.807) is 18.2 Å². The molecule has 1 atom stereocenters. The van der Waals surface area contributed by atoms with Crippen LogP contribution in [0.3, 0.4) is 0 Å². The molecule has 2 aliphatic heterocycles. The Bertz CT molecular complexity index is 851. The highest BCUT2D eigenvalue weighted by Gasteiger charge is 2.38. The number of carbonyl (C=O) groups excluding carboxylic acids is 3. The molecule has 3 amide bonds. The number of nitrogens with zero attached hydrogens (tertiary/aromatic N) is 1. The molecule has 0 spiro atoms. The molecule has 1 unspecified atom stereocenters. The monoisotopic (exact) mass is 367 g/mol. The van der Waals surface area contributed by atoms with E-state index in [0.29, 0.717) is 12.0 Å². The summed E-state index contributed by atoms with van der Waals surface area (Å²) >= 11 is 0. The number of fused-ring (bicyclic) bond motifs is 1. The second-order valence-corrected chi connectivity index (χ2v) is 7.50. The number of hydrogen-bond donors (Lipinski definition) is 3. The summed E-state index contributed by atoms with van der Waals surface area (Å²) in [5.74, 6) is -1.63. The fourth-order valence-corrected chi connectivity index (χ4v) is 3.42. The predicted octanol–water partition coefficient (Wildman–Crippen LogP) is -0.617. The van der Waals surface area contributed by atoms with Crippen molar-refractivity contribution in [2.24, 2.45) is 0 Å². The zero-order valence-electron chi connectivity index (χ0n) is 13.2. The Morgan fingerprint density at radius 2 is 2.04 bits per heavy atom. The number of piperidine rings is 1. The summed E-state index contributed by atoms with van der Waals surface area (Å²) in [4.78, 5) is 37.2. The summed E-state index contributed by atoms with van der Waals surface area (Å²) in [5, 5.41) is 4.84. The van der Waals surface area contributed by atoms with Crippen molar-refractivity contribution >= 4 is 27.8 Å². The number of carbonyl (C=O) groups is 3. The molecular weight excluding hydrogens is 350 g/mol. The maximum Gasteiger partial charge on any atom is 0.278 e. The Morgan fingerprint density at radius 1 is 1.28 bits per heavy atom. The third kappa shape index (κ3) is 3.86. The van der Waals surface area contributed by atoms with Crippen molar-refractivity contribution in [2.75, 3.05) is 5.88 Å². The highest BCUT2D eigenvalue weighted by molar-refractivity contribution is 7.85. The number of amides is 3. The fraction of sp³-hybridized carbons (Fsp3) is 0.400. The fourth-order valence-electron chi connectivity index (χ4n) is 3.06. The number of benzene rings is 1. The molecule has 25 heavy (non-hydrogen) atoms. The minimum absolute atomic E-state index is 0.196. The first-order valence-corrected chi connectivity index (χ1v) is 9.28. The molecule has 134 valence electrons. The van der Waals surface area contributed by atoms with Crippen molar-refractivity contribution < 1.29 is 27.4 Å². The van der Waals surface area contributed by atoms with Crippen molar-refractivity contribution in [3.8, 4) is 0 Å². The molecule has 1 saturated heterocycles. The lowest BCUT2D eigenvalue weighted by Crippen LogP contribution is -2.52. The predicted molar refractivity (Wildman–Crippen MR) is 85.7 cm³/mol. The van der Waals surface area contributed by atoms with Gasteiger partial charge in [0.15, 0.2) is 0 Å². The Labute approximate surface area is 144 Å². The minimum Gasteiger partial charge on any atom is -0.322 e. The largest absolute Gasteiger partial charge is 0.322 e. The van der Waals surface area contributed by atoms with E-state index < -0.39 is 27.9 Å². The van der Waals surface area contributed by atoms with E-state index in [-0.39, 0.29) is 31.3 Å². The highest BCUT2D eigenvalue weighted by atomic mass is 32.2. The topological polar surface area (TPSA) is 133 Å². The standard InChI is InChI=1S/C15H17N3O6S/c19-13-4-3-12(14(20)17-13)18-7-10-5-9(1-2-11(10)15(18)21)6-16-8-25(22,23)24/h1-2,5,12,16H,3-4,6-8H2,(H,17,19,20)(H,22,23,24). The Kier molecular flexibility index (Phi) is 4.58. The summed E-state index contributed by atoms with van der Waals surface area (Å²) in [6.07, 6.45) is 0.495. The molecule has 9 nitrogen and oxygen atoms in total. The van der Waals surface area contributed by atoms with E-state index >= 15 is 0 Å². The van der Waals surface area contributed by atoms with Gasteiger partial charge in [-0.2, -0.15) is 8.42 Å². The molecule has 3 N–H and O–H groups in total. The van der Waals surface area contributed by atoms with Crippen molar-refractivity contribution in [3.63, 3.8) is 0 Å². The lowest BCUT2D eigenvalue weighted by Gasteiger charge is -2.29. The molecule has 0 radical (unpaired) electrons. The van der Waals surface area contributed by atoms with E-state index in [1.807, 2.05) is 0 Å². The molecular formula is C15H17N3O6S. The van der Waals surface area contributed by atoms with Gasteiger partial charge in [-0.3, -0.25) is 29.6 Å². The van der Waals surface area contributed by atoms with Gasteiger partial charge in [0.25, 0.3) is 16.0 Å². The minimum atomic E-state index is -4.09. The number of nitrogens with one attached hydrogen (secondary N) is 2. The van der Waals surface area contributed by atoms with E-state index in [9.17, 15) is 22.8 Å². The number of hydrogen-bond acceptors (Lipinski definition) is 6. The van der Waals surface area contributed by atoms with Crippen molar-refractivity contribution in [1.29, 1.82) is 0 Å². The zero-order chi connectivity index (χ0) is 18.2. The summed E-state index contributed by atoms with van der Waals surface area (Å²) in [6.45, 7) is 0.465. The van der Waals surface area contributed by atoms with Gasteiger partial charge in [0, 0.05) is 25.1 Å². The molecule has 0 aliphatic carbocycles. The van der Waals surface area contributed by atoms with Crippen LogP contribution in [-0.4, -0.2) is 47.5 Å². The SMILES string of the molecule is O=C1CCC(N2Cc3cc(CNCS(=O)(=O)O)ccc3C2=O)C(=O)N1. The van der Waals surface area contributed by atoms with Gasteiger partial charge < -0.3 is 4.90 Å². The summed E-state index contributed by atoms with van der Waals surface area (Å²) < 4.78 is 30.1. The number of imide groups is 1. The van der Waals surface area contributed by atoms with E-state index in [1.165, 1.54) is 4.90 Å². The van der Waals surface area contributed by atoms with Crippen LogP contribution in [-0.2, 0) is 32.8 Å². The molecule has 1 fully saturated rings. The van der Waals surface area contributed by atoms with E-state index in [4.69, 9.17) is 4.55 Å². The zero-order valence-corrected chi connectivity index (χ0v) is 14.0. The summed E-state index contributed by atoms with van der Waals surface area (Å²) in [6, 6.07) is 4.41. The van der Waals surface area contributed by atoms with Crippen molar-refractivity contribution in [2.45, 2.75) is 32.0 Å². The third-order valence-corrected chi connectivity index (χ3v) is 4.77. The van der Waals surface area contributed by atoms with Gasteiger partial charge >= 0.3 is 0 Å². The van der Waals surface area contributed by atoms with Crippen LogP contribution in [0, 0.1) is 0 Å². The average Bonchev–Trinajstić information content (AvgIpc) is 2.82. The van der Waals surface area contributed by atoms with Crippen LogP contribution in [0.2, 0.25) is 0 Å². The number of rotatable bonds is 5. The van der Waals surface area contributed by atoms with Gasteiger partial charge in [0.2, 0.25) is 11.8 Å². The smallest absolute Gasteiger partial charge is 0.278 e. The summed E-state index contributed by atoms with van der Waals surface area (Å²) in [7, 11) is -4.09. The lowest BCUT2D eigenvalue weighted by atomic mass is 10.0. The second kappa shape index (κ2) is 6.54. The third-order valence-electron chi connectivity index (χ3n) is 4.20. The van der Waals surface area contributed by atoms with Gasteiger partial charge in [0.1, 0.15) is 11.9 Å². The van der Waals surface area contributed by atoms with Gasteiger partial charge in [-0.1, -0.05) is 12.1 Å². The van der Waals surface area contributed by atoms with Gasteiger partial charge in [-0.25, -0.2) is 0 Å². The molecule has 10 heteroatoms. The molecule has 1 aromatic rings. The van der Waals surface area contributed by atoms with E-state index in [0.717, 1.165) is 11.1 Å². The van der Waals surface area contributed by atoms with Gasteiger partial charge in [-0.05, 0) is 23.6 Å². The molecule has 0 aromatic heterocycles. The molecule has 0 bridgehead atoms. The first-order valence-electron chi connectivity index (χ1n) is 7.67. The lowest BCUT2D eigenvalue weighted by molar-refractivity contribution is -0.136. The second-order valence-electron chi connectivity index (χ2n) is 6.04.